The minimum absolute atomic E-state index is 0.0628. The molecule has 0 radical (unpaired) electrons. The van der Waals surface area contributed by atoms with Crippen LogP contribution in [0.25, 0.3) is 0 Å². The van der Waals surface area contributed by atoms with Gasteiger partial charge in [-0.05, 0) is 31.5 Å². The molecule has 0 aromatic heterocycles. The Balaban J connectivity index is 2.47. The van der Waals surface area contributed by atoms with Gasteiger partial charge in [0.2, 0.25) is 5.91 Å². The Kier molecular flexibility index (Phi) is 7.20. The first-order valence-electron chi connectivity index (χ1n) is 6.03. The SMILES string of the molecule is COCCCNC(=O)C(C)Nc1cc(Br)ccc1Cl. The number of hydrogen-bond acceptors (Lipinski definition) is 3. The van der Waals surface area contributed by atoms with Crippen molar-refractivity contribution >= 4 is 39.1 Å². The number of rotatable bonds is 7. The van der Waals surface area contributed by atoms with Crippen LogP contribution in [0.15, 0.2) is 22.7 Å². The van der Waals surface area contributed by atoms with Gasteiger partial charge in [-0.15, -0.1) is 0 Å². The van der Waals surface area contributed by atoms with Crippen LogP contribution in [-0.2, 0) is 9.53 Å². The van der Waals surface area contributed by atoms with Crippen molar-refractivity contribution < 1.29 is 9.53 Å². The highest BCUT2D eigenvalue weighted by Gasteiger charge is 2.13. The minimum Gasteiger partial charge on any atom is -0.385 e. The van der Waals surface area contributed by atoms with E-state index in [0.29, 0.717) is 18.2 Å². The van der Waals surface area contributed by atoms with Crippen LogP contribution < -0.4 is 10.6 Å². The summed E-state index contributed by atoms with van der Waals surface area (Å²) in [6.07, 6.45) is 0.798. The molecule has 6 heteroatoms. The molecular formula is C13H18BrClN2O2. The summed E-state index contributed by atoms with van der Waals surface area (Å²) < 4.78 is 5.83. The Morgan fingerprint density at radius 3 is 2.95 bits per heavy atom. The number of carbonyl (C=O) groups is 1. The predicted molar refractivity (Wildman–Crippen MR) is 81.7 cm³/mol. The second-order valence-corrected chi connectivity index (χ2v) is 5.45. The molecule has 0 heterocycles. The maximum atomic E-state index is 11.8. The molecule has 1 aromatic carbocycles. The quantitative estimate of drug-likeness (QED) is 0.744. The third-order valence-corrected chi connectivity index (χ3v) is 3.34. The van der Waals surface area contributed by atoms with Crippen molar-refractivity contribution in [1.29, 1.82) is 0 Å². The summed E-state index contributed by atoms with van der Waals surface area (Å²) in [6, 6.07) is 5.12. The Morgan fingerprint density at radius 2 is 2.26 bits per heavy atom. The van der Waals surface area contributed by atoms with Gasteiger partial charge in [0.05, 0.1) is 10.7 Å². The molecular weight excluding hydrogens is 332 g/mol. The van der Waals surface area contributed by atoms with Gasteiger partial charge >= 0.3 is 0 Å². The molecule has 0 bridgehead atoms. The monoisotopic (exact) mass is 348 g/mol. The van der Waals surface area contributed by atoms with Gasteiger partial charge in [-0.3, -0.25) is 4.79 Å². The zero-order valence-corrected chi connectivity index (χ0v) is 13.3. The van der Waals surface area contributed by atoms with Crippen molar-refractivity contribution in [3.05, 3.63) is 27.7 Å². The van der Waals surface area contributed by atoms with Crippen LogP contribution >= 0.6 is 27.5 Å². The van der Waals surface area contributed by atoms with Gasteiger partial charge in [0.25, 0.3) is 0 Å². The van der Waals surface area contributed by atoms with Crippen molar-refractivity contribution in [2.24, 2.45) is 0 Å². The molecule has 1 rings (SSSR count). The van der Waals surface area contributed by atoms with Crippen LogP contribution in [0.1, 0.15) is 13.3 Å². The number of anilines is 1. The van der Waals surface area contributed by atoms with E-state index in [1.807, 2.05) is 12.1 Å². The fraction of sp³-hybridized carbons (Fsp3) is 0.462. The van der Waals surface area contributed by atoms with Gasteiger partial charge in [-0.25, -0.2) is 0 Å². The standard InChI is InChI=1S/C13H18BrClN2O2/c1-9(13(18)16-6-3-7-19-2)17-12-8-10(14)4-5-11(12)15/h4-5,8-9,17H,3,6-7H2,1-2H3,(H,16,18). The van der Waals surface area contributed by atoms with Crippen molar-refractivity contribution in [3.8, 4) is 0 Å². The largest absolute Gasteiger partial charge is 0.385 e. The number of benzene rings is 1. The maximum absolute atomic E-state index is 11.8. The smallest absolute Gasteiger partial charge is 0.242 e. The fourth-order valence-electron chi connectivity index (χ4n) is 1.49. The van der Waals surface area contributed by atoms with Crippen LogP contribution in [0.3, 0.4) is 0 Å². The first-order valence-corrected chi connectivity index (χ1v) is 7.20. The summed E-state index contributed by atoms with van der Waals surface area (Å²) in [5.74, 6) is -0.0628. The highest BCUT2D eigenvalue weighted by molar-refractivity contribution is 9.10. The van der Waals surface area contributed by atoms with Crippen LogP contribution in [0.4, 0.5) is 5.69 Å². The molecule has 1 atom stereocenters. The lowest BCUT2D eigenvalue weighted by molar-refractivity contribution is -0.121. The summed E-state index contributed by atoms with van der Waals surface area (Å²) >= 11 is 9.43. The van der Waals surface area contributed by atoms with Gasteiger partial charge in [-0.2, -0.15) is 0 Å². The molecule has 0 aliphatic heterocycles. The molecule has 1 aromatic rings. The van der Waals surface area contributed by atoms with E-state index in [4.69, 9.17) is 16.3 Å². The van der Waals surface area contributed by atoms with Crippen LogP contribution in [0, 0.1) is 0 Å². The van der Waals surface area contributed by atoms with E-state index in [1.54, 1.807) is 20.1 Å². The number of nitrogens with one attached hydrogen (secondary N) is 2. The number of amides is 1. The molecule has 0 saturated carbocycles. The van der Waals surface area contributed by atoms with E-state index in [2.05, 4.69) is 26.6 Å². The van der Waals surface area contributed by atoms with E-state index in [9.17, 15) is 4.79 Å². The molecule has 4 nitrogen and oxygen atoms in total. The maximum Gasteiger partial charge on any atom is 0.242 e. The fourth-order valence-corrected chi connectivity index (χ4v) is 2.02. The van der Waals surface area contributed by atoms with Crippen LogP contribution in [-0.4, -0.2) is 32.2 Å². The highest BCUT2D eigenvalue weighted by Crippen LogP contribution is 2.26. The van der Waals surface area contributed by atoms with Crippen molar-refractivity contribution in [3.63, 3.8) is 0 Å². The van der Waals surface area contributed by atoms with E-state index in [1.165, 1.54) is 0 Å². The number of methoxy groups -OCH3 is 1. The number of carbonyl (C=O) groups excluding carboxylic acids is 1. The molecule has 1 amide bonds. The average molecular weight is 350 g/mol. The molecule has 0 fully saturated rings. The molecule has 106 valence electrons. The molecule has 19 heavy (non-hydrogen) atoms. The third-order valence-electron chi connectivity index (χ3n) is 2.52. The highest BCUT2D eigenvalue weighted by atomic mass is 79.9. The Labute approximate surface area is 127 Å². The number of halogens is 2. The zero-order valence-electron chi connectivity index (χ0n) is 11.0. The van der Waals surface area contributed by atoms with Crippen LogP contribution in [0.5, 0.6) is 0 Å². The van der Waals surface area contributed by atoms with Crippen molar-refractivity contribution in [2.45, 2.75) is 19.4 Å². The van der Waals surface area contributed by atoms with Gasteiger partial charge in [-0.1, -0.05) is 27.5 Å². The van der Waals surface area contributed by atoms with Gasteiger partial charge in [0.1, 0.15) is 6.04 Å². The van der Waals surface area contributed by atoms with Gasteiger partial charge in [0.15, 0.2) is 0 Å². The van der Waals surface area contributed by atoms with E-state index < -0.39 is 0 Å². The molecule has 0 saturated heterocycles. The van der Waals surface area contributed by atoms with Crippen molar-refractivity contribution in [2.75, 3.05) is 25.6 Å². The summed E-state index contributed by atoms with van der Waals surface area (Å²) in [4.78, 5) is 11.8. The van der Waals surface area contributed by atoms with E-state index >= 15 is 0 Å². The molecule has 0 aliphatic carbocycles. The number of ether oxygens (including phenoxy) is 1. The zero-order chi connectivity index (χ0) is 14.3. The molecule has 2 N–H and O–H groups in total. The van der Waals surface area contributed by atoms with Gasteiger partial charge in [0, 0.05) is 24.7 Å². The molecule has 1 unspecified atom stereocenters. The summed E-state index contributed by atoms with van der Waals surface area (Å²) in [6.45, 7) is 3.04. The van der Waals surface area contributed by atoms with Gasteiger partial charge < -0.3 is 15.4 Å². The van der Waals surface area contributed by atoms with E-state index in [-0.39, 0.29) is 11.9 Å². The lowest BCUT2D eigenvalue weighted by atomic mass is 10.2. The van der Waals surface area contributed by atoms with Crippen molar-refractivity contribution in [1.82, 2.24) is 5.32 Å². The lowest BCUT2D eigenvalue weighted by Crippen LogP contribution is -2.38. The molecule has 0 aliphatic rings. The Bertz CT molecular complexity index is 429. The first-order chi connectivity index (χ1) is 9.04. The Hall–Kier alpha value is -0.780. The average Bonchev–Trinajstić information content (AvgIpc) is 2.38. The summed E-state index contributed by atoms with van der Waals surface area (Å²) in [5, 5.41) is 6.51. The summed E-state index contributed by atoms with van der Waals surface area (Å²) in [7, 11) is 1.64. The lowest BCUT2D eigenvalue weighted by Gasteiger charge is -2.16. The third kappa shape index (κ3) is 5.80. The normalized spacial score (nSPS) is 12.0. The van der Waals surface area contributed by atoms with E-state index in [0.717, 1.165) is 16.6 Å². The predicted octanol–water partition coefficient (Wildman–Crippen LogP) is 3.06. The topological polar surface area (TPSA) is 50.4 Å². The Morgan fingerprint density at radius 1 is 1.53 bits per heavy atom. The first kappa shape index (κ1) is 16.3. The second kappa shape index (κ2) is 8.40. The second-order valence-electron chi connectivity index (χ2n) is 4.13. The number of hydrogen-bond donors (Lipinski definition) is 2. The molecule has 0 spiro atoms. The summed E-state index contributed by atoms with van der Waals surface area (Å²) in [5.41, 5.74) is 0.732. The van der Waals surface area contributed by atoms with Crippen LogP contribution in [0.2, 0.25) is 5.02 Å². The minimum atomic E-state index is -0.352.